The van der Waals surface area contributed by atoms with Crippen LogP contribution in [0.1, 0.15) is 20.8 Å². The molecule has 0 unspecified atom stereocenters. The van der Waals surface area contributed by atoms with Crippen LogP contribution in [0.25, 0.3) is 10.9 Å². The van der Waals surface area contributed by atoms with E-state index in [1.165, 1.54) is 0 Å². The van der Waals surface area contributed by atoms with Crippen LogP contribution in [-0.2, 0) is 4.74 Å². The average molecular weight is 264 g/mol. The second kappa shape index (κ2) is 4.36. The van der Waals surface area contributed by atoms with Gasteiger partial charge in [-0.15, -0.1) is 0 Å². The predicted octanol–water partition coefficient (Wildman–Crippen LogP) is 2.34. The van der Waals surface area contributed by atoms with Gasteiger partial charge in [0, 0.05) is 10.4 Å². The number of halogens is 1. The first-order valence-corrected chi connectivity index (χ1v) is 6.17. The first-order chi connectivity index (χ1) is 8.29. The summed E-state index contributed by atoms with van der Waals surface area (Å²) in [6.07, 6.45) is -0.378. The fourth-order valence-electron chi connectivity index (χ4n) is 1.88. The molecule has 0 aliphatic rings. The molecule has 1 aromatic carbocycles. The van der Waals surface area contributed by atoms with Gasteiger partial charge in [-0.05, 0) is 44.6 Å². The van der Waals surface area contributed by atoms with Crippen molar-refractivity contribution in [2.75, 3.05) is 0 Å². The van der Waals surface area contributed by atoms with E-state index in [1.807, 2.05) is 52.9 Å². The van der Waals surface area contributed by atoms with E-state index >= 15 is 0 Å². The van der Waals surface area contributed by atoms with Gasteiger partial charge in [-0.25, -0.2) is 4.79 Å². The van der Waals surface area contributed by atoms with Crippen LogP contribution < -0.4 is 5.59 Å². The summed E-state index contributed by atoms with van der Waals surface area (Å²) >= 11 is 6.11. The number of nitrogens with zero attached hydrogens (tertiary/aromatic N) is 1. The average Bonchev–Trinajstić information content (AvgIpc) is 2.53. The van der Waals surface area contributed by atoms with E-state index in [2.05, 4.69) is 0 Å². The highest BCUT2D eigenvalue weighted by molar-refractivity contribution is 6.38. The van der Waals surface area contributed by atoms with E-state index in [0.29, 0.717) is 5.02 Å². The molecule has 2 aromatic rings. The van der Waals surface area contributed by atoms with Gasteiger partial charge in [-0.1, -0.05) is 17.7 Å². The maximum absolute atomic E-state index is 12.2. The SMILES string of the molecule is Bc1cc2c(Cl)cccc2n1C(=O)OC(C)(C)C. The Bertz CT molecular complexity index is 613. The number of carbonyl (C=O) groups is 1. The van der Waals surface area contributed by atoms with Crippen molar-refractivity contribution in [3.05, 3.63) is 29.3 Å². The molecule has 0 radical (unpaired) electrons. The van der Waals surface area contributed by atoms with Crippen molar-refractivity contribution >= 4 is 42.0 Å². The molecule has 0 aliphatic heterocycles. The van der Waals surface area contributed by atoms with Crippen LogP contribution in [0.3, 0.4) is 0 Å². The molecular weight excluding hydrogens is 248 g/mol. The summed E-state index contributed by atoms with van der Waals surface area (Å²) in [7, 11) is 1.86. The molecule has 1 heterocycles. The van der Waals surface area contributed by atoms with Gasteiger partial charge in [-0.3, -0.25) is 4.57 Å². The lowest BCUT2D eigenvalue weighted by Gasteiger charge is -2.20. The zero-order valence-electron chi connectivity index (χ0n) is 11.0. The Morgan fingerprint density at radius 3 is 2.67 bits per heavy atom. The number of aromatic nitrogens is 1. The van der Waals surface area contributed by atoms with Crippen molar-refractivity contribution < 1.29 is 9.53 Å². The second-order valence-electron chi connectivity index (χ2n) is 5.27. The van der Waals surface area contributed by atoms with Gasteiger partial charge in [-0.2, -0.15) is 0 Å². The number of benzene rings is 1. The molecule has 0 spiro atoms. The second-order valence-corrected chi connectivity index (χ2v) is 5.68. The third-order valence-corrected chi connectivity index (χ3v) is 2.88. The topological polar surface area (TPSA) is 31.2 Å². The van der Waals surface area contributed by atoms with Gasteiger partial charge in [0.2, 0.25) is 0 Å². The number of hydrogen-bond donors (Lipinski definition) is 0. The van der Waals surface area contributed by atoms with Crippen LogP contribution in [-0.4, -0.2) is 24.1 Å². The number of hydrogen-bond acceptors (Lipinski definition) is 2. The van der Waals surface area contributed by atoms with E-state index < -0.39 is 5.60 Å². The lowest BCUT2D eigenvalue weighted by Crippen LogP contribution is -2.32. The Morgan fingerprint density at radius 1 is 1.39 bits per heavy atom. The molecule has 3 nitrogen and oxygen atoms in total. The minimum absolute atomic E-state index is 0.378. The van der Waals surface area contributed by atoms with Crippen LogP contribution in [0.5, 0.6) is 0 Å². The molecule has 5 heteroatoms. The van der Waals surface area contributed by atoms with Crippen molar-refractivity contribution in [2.24, 2.45) is 0 Å². The summed E-state index contributed by atoms with van der Waals surface area (Å²) in [5, 5.41) is 1.50. The van der Waals surface area contributed by atoms with E-state index in [9.17, 15) is 4.79 Å². The molecular formula is C13H15BClNO2. The van der Waals surface area contributed by atoms with E-state index in [1.54, 1.807) is 4.57 Å². The molecule has 0 fully saturated rings. The zero-order chi connectivity index (χ0) is 13.5. The third kappa shape index (κ3) is 2.39. The fraction of sp³-hybridized carbons (Fsp3) is 0.308. The maximum atomic E-state index is 12.2. The van der Waals surface area contributed by atoms with Crippen molar-refractivity contribution in [3.8, 4) is 0 Å². The molecule has 0 bridgehead atoms. The molecule has 0 aliphatic carbocycles. The number of fused-ring (bicyclic) bond motifs is 1. The molecule has 0 N–H and O–H groups in total. The quantitative estimate of drug-likeness (QED) is 0.683. The van der Waals surface area contributed by atoms with E-state index in [-0.39, 0.29) is 6.09 Å². The van der Waals surface area contributed by atoms with Gasteiger partial charge in [0.1, 0.15) is 5.60 Å². The standard InChI is InChI=1S/C13H15BClNO2/c1-13(2,3)18-12(17)16-10-6-4-5-9(15)8(10)7-11(16)14/h4-7H,14H2,1-3H3. The Morgan fingerprint density at radius 2 is 2.06 bits per heavy atom. The highest BCUT2D eigenvalue weighted by atomic mass is 35.5. The van der Waals surface area contributed by atoms with Crippen molar-refractivity contribution in [3.63, 3.8) is 0 Å². The van der Waals surface area contributed by atoms with Crippen LogP contribution in [0.4, 0.5) is 4.79 Å². The molecule has 2 rings (SSSR count). The normalized spacial score (nSPS) is 11.8. The molecule has 0 saturated carbocycles. The highest BCUT2D eigenvalue weighted by Gasteiger charge is 2.21. The molecule has 0 saturated heterocycles. The Hall–Kier alpha value is -1.42. The monoisotopic (exact) mass is 263 g/mol. The summed E-state index contributed by atoms with van der Waals surface area (Å²) < 4.78 is 6.94. The molecule has 0 atom stereocenters. The van der Waals surface area contributed by atoms with Gasteiger partial charge in [0.25, 0.3) is 0 Å². The van der Waals surface area contributed by atoms with Crippen molar-refractivity contribution in [2.45, 2.75) is 26.4 Å². The molecule has 18 heavy (non-hydrogen) atoms. The predicted molar refractivity (Wildman–Crippen MR) is 76.8 cm³/mol. The summed E-state index contributed by atoms with van der Waals surface area (Å²) in [5.41, 5.74) is 1.07. The Balaban J connectivity index is 2.54. The summed E-state index contributed by atoms with van der Waals surface area (Å²) in [4.78, 5) is 12.2. The van der Waals surface area contributed by atoms with E-state index in [4.69, 9.17) is 16.3 Å². The van der Waals surface area contributed by atoms with Crippen molar-refractivity contribution in [1.29, 1.82) is 0 Å². The molecule has 1 aromatic heterocycles. The van der Waals surface area contributed by atoms with Crippen LogP contribution in [0.2, 0.25) is 5.02 Å². The van der Waals surface area contributed by atoms with E-state index in [0.717, 1.165) is 16.5 Å². The first kappa shape index (κ1) is 13.0. The van der Waals surface area contributed by atoms with Gasteiger partial charge < -0.3 is 4.74 Å². The van der Waals surface area contributed by atoms with Gasteiger partial charge in [0.05, 0.1) is 5.52 Å². The molecule has 0 amide bonds. The smallest absolute Gasteiger partial charge is 0.418 e. The lowest BCUT2D eigenvalue weighted by atomic mass is 10.1. The highest BCUT2D eigenvalue weighted by Crippen LogP contribution is 2.23. The first-order valence-electron chi connectivity index (χ1n) is 5.79. The zero-order valence-corrected chi connectivity index (χ0v) is 11.7. The minimum Gasteiger partial charge on any atom is -0.443 e. The largest absolute Gasteiger partial charge is 0.443 e. The van der Waals surface area contributed by atoms with Gasteiger partial charge in [0.15, 0.2) is 7.85 Å². The van der Waals surface area contributed by atoms with Crippen LogP contribution in [0.15, 0.2) is 24.3 Å². The summed E-state index contributed by atoms with van der Waals surface area (Å²) in [6, 6.07) is 7.38. The minimum atomic E-state index is -0.515. The van der Waals surface area contributed by atoms with Crippen LogP contribution in [0, 0.1) is 0 Å². The number of ether oxygens (including phenoxy) is 1. The third-order valence-electron chi connectivity index (χ3n) is 2.55. The molecule has 94 valence electrons. The Kier molecular flexibility index (Phi) is 3.15. The van der Waals surface area contributed by atoms with Crippen molar-refractivity contribution in [1.82, 2.24) is 4.57 Å². The Labute approximate surface area is 112 Å². The fourth-order valence-corrected chi connectivity index (χ4v) is 2.10. The van der Waals surface area contributed by atoms with Crippen LogP contribution >= 0.6 is 11.6 Å². The lowest BCUT2D eigenvalue weighted by molar-refractivity contribution is 0.0549. The summed E-state index contributed by atoms with van der Waals surface area (Å²) in [5.74, 6) is 0. The summed E-state index contributed by atoms with van der Waals surface area (Å²) in [6.45, 7) is 5.54. The van der Waals surface area contributed by atoms with Gasteiger partial charge >= 0.3 is 6.09 Å². The number of rotatable bonds is 0. The maximum Gasteiger partial charge on any atom is 0.418 e. The number of carbonyl (C=O) groups excluding carboxylic acids is 1.